The molecule has 4 heterocycles. The Bertz CT molecular complexity index is 1810. The van der Waals surface area contributed by atoms with Crippen LogP contribution in [0.3, 0.4) is 0 Å². The number of ether oxygens (including phenoxy) is 8. The molecular weight excluding hydrogens is 884 g/mol. The van der Waals surface area contributed by atoms with E-state index < -0.39 is 148 Å². The fourth-order valence-electron chi connectivity index (χ4n) is 6.56. The smallest absolute Gasteiger partial charge is 0.336 e. The highest BCUT2D eigenvalue weighted by Gasteiger charge is 2.49. The van der Waals surface area contributed by atoms with E-state index in [-0.39, 0.29) is 17.8 Å². The number of hydrogen-bond acceptors (Lipinski definition) is 23. The van der Waals surface area contributed by atoms with Gasteiger partial charge in [0.05, 0.1) is 26.4 Å². The Hall–Kier alpha value is -3.64. The van der Waals surface area contributed by atoms with Crippen molar-refractivity contribution >= 4 is 11.9 Å². The molecule has 0 radical (unpaired) electrons. The van der Waals surface area contributed by atoms with Crippen LogP contribution in [0.15, 0.2) is 83.1 Å². The standard InChI is InChI=1S/C43H62O23/c1-19(11-7-13-21(3)38(57)65-42-36(55)32(51)29(48)25(63-42)17-60-40-34(53)27(46)23(45)16-59-40)9-5-6-10-20(2)12-8-14-22(4)39(58)66-43-37(56)33(52)30(49)26(64-43)18-61-41-35(54)31(50)28(47)24(15-44)62-41/h5-14,23-37,40-56H,15-18H2,1-4H3/b6-5+,11-7+,12-8+,19-9+,20-10+,21-13+,22-14+/t23-,24-,25-,26-,27+,28-,29-,30-,31+,32+,33+,34-,35-,36-,37-,40+,41-,42+,43+/m1/s1. The van der Waals surface area contributed by atoms with E-state index in [1.54, 1.807) is 62.5 Å². The Morgan fingerprint density at radius 3 is 1.29 bits per heavy atom. The molecule has 23 nitrogen and oxygen atoms in total. The van der Waals surface area contributed by atoms with Gasteiger partial charge in [0, 0.05) is 11.1 Å². The van der Waals surface area contributed by atoms with Crippen molar-refractivity contribution in [3.8, 4) is 0 Å². The van der Waals surface area contributed by atoms with Gasteiger partial charge >= 0.3 is 11.9 Å². The van der Waals surface area contributed by atoms with Crippen LogP contribution < -0.4 is 0 Å². The van der Waals surface area contributed by atoms with Crippen LogP contribution in [-0.4, -0.2) is 221 Å². The summed E-state index contributed by atoms with van der Waals surface area (Å²) in [7, 11) is 0. The second-order valence-electron chi connectivity index (χ2n) is 16.1. The highest BCUT2D eigenvalue weighted by molar-refractivity contribution is 5.88. The molecule has 0 unspecified atom stereocenters. The van der Waals surface area contributed by atoms with Crippen molar-refractivity contribution in [2.24, 2.45) is 0 Å². The van der Waals surface area contributed by atoms with E-state index in [0.717, 1.165) is 11.1 Å². The normalized spacial score (nSPS) is 40.0. The SMILES string of the molecule is CC(/C=C/C=C(\C)C(=O)O[C@@H]1O[C@H](CO[C@@H]2O[C@H](CO)[C@@H](O)[C@H](O)[C@H]2O)[C@@H](O)[C@H](O)[C@H]1O)=C\C=C\C=C(C)\C=C\C=C(/C)C(=O)O[C@@H]1O[C@H](CO[C@@H]2OC[C@@H](O)[C@H](O)[C@H]2O)[C@@H](O)[C@H](O)[C@H]1O. The van der Waals surface area contributed by atoms with Gasteiger partial charge in [0.25, 0.3) is 0 Å². The fourth-order valence-corrected chi connectivity index (χ4v) is 6.56. The van der Waals surface area contributed by atoms with Crippen molar-refractivity contribution in [2.45, 2.75) is 144 Å². The van der Waals surface area contributed by atoms with Crippen LogP contribution in [0.1, 0.15) is 27.7 Å². The quantitative estimate of drug-likeness (QED) is 0.0371. The lowest BCUT2D eigenvalue weighted by Crippen LogP contribution is -2.61. The molecule has 0 bridgehead atoms. The Kier molecular flexibility index (Phi) is 21.4. The minimum atomic E-state index is -1.85. The molecule has 0 aromatic rings. The van der Waals surface area contributed by atoms with E-state index >= 15 is 0 Å². The summed E-state index contributed by atoms with van der Waals surface area (Å²) in [5, 5.41) is 131. The molecule has 4 fully saturated rings. The molecule has 19 atom stereocenters. The van der Waals surface area contributed by atoms with Gasteiger partial charge in [0.2, 0.25) is 12.6 Å². The van der Waals surface area contributed by atoms with E-state index in [2.05, 4.69) is 0 Å². The highest BCUT2D eigenvalue weighted by Crippen LogP contribution is 2.28. The molecule has 4 rings (SSSR count). The van der Waals surface area contributed by atoms with Crippen molar-refractivity contribution < 1.29 is 114 Å². The van der Waals surface area contributed by atoms with Crippen molar-refractivity contribution in [3.05, 3.63) is 83.1 Å². The lowest BCUT2D eigenvalue weighted by atomic mass is 9.98. The topological polar surface area (TPSA) is 371 Å². The number of hydrogen-bond donors (Lipinski definition) is 13. The maximum absolute atomic E-state index is 12.8. The van der Waals surface area contributed by atoms with Crippen molar-refractivity contribution in [1.82, 2.24) is 0 Å². The van der Waals surface area contributed by atoms with Gasteiger partial charge < -0.3 is 104 Å². The molecular formula is C43H62O23. The van der Waals surface area contributed by atoms with Crippen LogP contribution in [0.5, 0.6) is 0 Å². The third-order valence-corrected chi connectivity index (χ3v) is 10.8. The van der Waals surface area contributed by atoms with E-state index in [1.165, 1.54) is 26.0 Å². The molecule has 4 aliphatic heterocycles. The molecule has 66 heavy (non-hydrogen) atoms. The summed E-state index contributed by atoms with van der Waals surface area (Å²) in [5.74, 6) is -1.83. The van der Waals surface area contributed by atoms with Crippen molar-refractivity contribution in [2.75, 3.05) is 26.4 Å². The van der Waals surface area contributed by atoms with Crippen LogP contribution in [0.25, 0.3) is 0 Å². The third kappa shape index (κ3) is 14.7. The number of carbonyl (C=O) groups excluding carboxylic acids is 2. The summed E-state index contributed by atoms with van der Waals surface area (Å²) < 4.78 is 42.6. The molecule has 0 aliphatic carbocycles. The van der Waals surface area contributed by atoms with E-state index in [1.807, 2.05) is 0 Å². The minimum absolute atomic E-state index is 0.0784. The molecule has 0 aromatic carbocycles. The zero-order chi connectivity index (χ0) is 49.0. The number of allylic oxidation sites excluding steroid dienone is 12. The highest BCUT2D eigenvalue weighted by atomic mass is 16.8. The van der Waals surface area contributed by atoms with Crippen LogP contribution >= 0.6 is 0 Å². The largest absolute Gasteiger partial charge is 0.429 e. The van der Waals surface area contributed by atoms with Crippen LogP contribution in [0, 0.1) is 0 Å². The first-order valence-electron chi connectivity index (χ1n) is 20.9. The van der Waals surface area contributed by atoms with E-state index in [0.29, 0.717) is 0 Å². The predicted octanol–water partition coefficient (Wildman–Crippen LogP) is -4.59. The monoisotopic (exact) mass is 946 g/mol. The van der Waals surface area contributed by atoms with Gasteiger partial charge in [-0.3, -0.25) is 0 Å². The molecule has 0 saturated carbocycles. The van der Waals surface area contributed by atoms with E-state index in [4.69, 9.17) is 37.9 Å². The van der Waals surface area contributed by atoms with Gasteiger partial charge in [0.15, 0.2) is 12.6 Å². The molecule has 0 spiro atoms. The Balaban J connectivity index is 1.22. The number of aliphatic hydroxyl groups is 13. The van der Waals surface area contributed by atoms with Crippen LogP contribution in [-0.2, 0) is 47.5 Å². The fraction of sp³-hybridized carbons (Fsp3) is 0.628. The van der Waals surface area contributed by atoms with Gasteiger partial charge in [-0.15, -0.1) is 0 Å². The number of esters is 2. The summed E-state index contributed by atoms with van der Waals surface area (Å²) in [6.45, 7) is 4.30. The third-order valence-electron chi connectivity index (χ3n) is 10.8. The Morgan fingerprint density at radius 2 is 0.848 bits per heavy atom. The average molecular weight is 947 g/mol. The first-order chi connectivity index (χ1) is 31.2. The zero-order valence-corrected chi connectivity index (χ0v) is 36.5. The maximum atomic E-state index is 12.8. The van der Waals surface area contributed by atoms with Gasteiger partial charge in [-0.2, -0.15) is 0 Å². The maximum Gasteiger partial charge on any atom is 0.336 e. The summed E-state index contributed by atoms with van der Waals surface area (Å²) >= 11 is 0. The number of aliphatic hydroxyl groups excluding tert-OH is 13. The van der Waals surface area contributed by atoms with Gasteiger partial charge in [-0.05, 0) is 27.7 Å². The molecule has 372 valence electrons. The summed E-state index contributed by atoms with van der Waals surface area (Å²) in [6.07, 6.45) is -14.4. The van der Waals surface area contributed by atoms with E-state index in [9.17, 15) is 76.0 Å². The van der Waals surface area contributed by atoms with Gasteiger partial charge in [-0.1, -0.05) is 71.9 Å². The average Bonchev–Trinajstić information content (AvgIpc) is 3.29. The number of carbonyl (C=O) groups is 2. The summed E-state index contributed by atoms with van der Waals surface area (Å²) in [5.41, 5.74) is 1.73. The second-order valence-corrected chi connectivity index (χ2v) is 16.1. The first kappa shape index (κ1) is 55.0. The first-order valence-corrected chi connectivity index (χ1v) is 20.9. The molecule has 0 aromatic heterocycles. The summed E-state index contributed by atoms with van der Waals surface area (Å²) in [6, 6.07) is 0. The minimum Gasteiger partial charge on any atom is -0.429 e. The zero-order valence-electron chi connectivity index (χ0n) is 36.5. The lowest BCUT2D eigenvalue weighted by Gasteiger charge is -2.42. The molecule has 4 aliphatic rings. The Morgan fingerprint density at radius 1 is 0.470 bits per heavy atom. The van der Waals surface area contributed by atoms with Crippen LogP contribution in [0.2, 0.25) is 0 Å². The second kappa shape index (κ2) is 25.6. The molecule has 4 saturated heterocycles. The molecule has 23 heteroatoms. The van der Waals surface area contributed by atoms with Crippen LogP contribution in [0.4, 0.5) is 0 Å². The van der Waals surface area contributed by atoms with Gasteiger partial charge in [0.1, 0.15) is 91.6 Å². The lowest BCUT2D eigenvalue weighted by molar-refractivity contribution is -0.326. The van der Waals surface area contributed by atoms with Gasteiger partial charge in [-0.25, -0.2) is 9.59 Å². The number of rotatable bonds is 17. The predicted molar refractivity (Wildman–Crippen MR) is 221 cm³/mol. The summed E-state index contributed by atoms with van der Waals surface area (Å²) in [4.78, 5) is 25.6. The molecule has 0 amide bonds. The van der Waals surface area contributed by atoms with Crippen molar-refractivity contribution in [3.63, 3.8) is 0 Å². The Labute approximate surface area is 379 Å². The molecule has 13 N–H and O–H groups in total. The van der Waals surface area contributed by atoms with Crippen molar-refractivity contribution in [1.29, 1.82) is 0 Å².